The van der Waals surface area contributed by atoms with E-state index in [9.17, 15) is 9.59 Å². The zero-order valence-corrected chi connectivity index (χ0v) is 13.6. The Labute approximate surface area is 135 Å². The van der Waals surface area contributed by atoms with Crippen LogP contribution in [0, 0.1) is 19.8 Å². The highest BCUT2D eigenvalue weighted by atomic mass is 16.4. The van der Waals surface area contributed by atoms with Crippen LogP contribution in [0.3, 0.4) is 0 Å². The fourth-order valence-corrected chi connectivity index (χ4v) is 3.12. The number of carbonyl (C=O) groups excluding carboxylic acids is 1. The summed E-state index contributed by atoms with van der Waals surface area (Å²) in [5, 5.41) is 7.23. The number of hydrogen-bond donors (Lipinski definition) is 2. The lowest BCUT2D eigenvalue weighted by atomic mass is 9.99. The van der Waals surface area contributed by atoms with Crippen molar-refractivity contribution < 1.29 is 9.21 Å². The average Bonchev–Trinajstić information content (AvgIpc) is 2.77. The smallest absolute Gasteiger partial charge is 0.336 e. The van der Waals surface area contributed by atoms with Crippen LogP contribution in [-0.4, -0.2) is 19.0 Å². The minimum absolute atomic E-state index is 0.0508. The molecule has 1 unspecified atom stereocenters. The maximum absolute atomic E-state index is 12.5. The molecule has 5 heteroatoms. The first kappa shape index (κ1) is 15.7. The average molecular weight is 314 g/mol. The molecule has 1 aromatic heterocycles. The number of anilines is 1. The topological polar surface area (TPSA) is 71.3 Å². The largest absolute Gasteiger partial charge is 0.423 e. The molecule has 0 bridgehead atoms. The lowest BCUT2D eigenvalue weighted by Crippen LogP contribution is -2.24. The van der Waals surface area contributed by atoms with Gasteiger partial charge < -0.3 is 15.1 Å². The van der Waals surface area contributed by atoms with Crippen molar-refractivity contribution in [3.63, 3.8) is 0 Å². The van der Waals surface area contributed by atoms with Gasteiger partial charge in [-0.2, -0.15) is 0 Å². The first-order valence-electron chi connectivity index (χ1n) is 8.11. The Kier molecular flexibility index (Phi) is 4.48. The fourth-order valence-electron chi connectivity index (χ4n) is 3.12. The zero-order valence-electron chi connectivity index (χ0n) is 13.6. The molecule has 1 aliphatic heterocycles. The van der Waals surface area contributed by atoms with Crippen molar-refractivity contribution in [1.82, 2.24) is 5.32 Å². The molecule has 1 aromatic carbocycles. The van der Waals surface area contributed by atoms with E-state index in [-0.39, 0.29) is 17.5 Å². The molecular formula is C18H22N2O3. The third-order valence-corrected chi connectivity index (χ3v) is 4.50. The molecule has 3 rings (SSSR count). The van der Waals surface area contributed by atoms with E-state index in [0.717, 1.165) is 54.6 Å². The molecule has 1 amide bonds. The lowest BCUT2D eigenvalue weighted by molar-refractivity contribution is -0.120. The van der Waals surface area contributed by atoms with Crippen LogP contribution >= 0.6 is 0 Å². The number of fused-ring (bicyclic) bond motifs is 1. The van der Waals surface area contributed by atoms with Gasteiger partial charge in [0.15, 0.2) is 0 Å². The molecule has 1 atom stereocenters. The Hall–Kier alpha value is -2.14. The third-order valence-electron chi connectivity index (χ3n) is 4.50. The number of amides is 1. The van der Waals surface area contributed by atoms with E-state index in [2.05, 4.69) is 10.6 Å². The van der Waals surface area contributed by atoms with E-state index < -0.39 is 0 Å². The van der Waals surface area contributed by atoms with E-state index in [0.29, 0.717) is 5.58 Å². The highest BCUT2D eigenvalue weighted by Gasteiger charge is 2.20. The number of carbonyl (C=O) groups is 1. The molecule has 0 saturated carbocycles. The van der Waals surface area contributed by atoms with Crippen LogP contribution < -0.4 is 16.3 Å². The van der Waals surface area contributed by atoms with Gasteiger partial charge in [-0.15, -0.1) is 0 Å². The summed E-state index contributed by atoms with van der Waals surface area (Å²) in [5.41, 5.74) is 2.75. The van der Waals surface area contributed by atoms with Gasteiger partial charge >= 0.3 is 5.63 Å². The molecule has 122 valence electrons. The van der Waals surface area contributed by atoms with Crippen molar-refractivity contribution in [3.05, 3.63) is 39.7 Å². The summed E-state index contributed by atoms with van der Waals surface area (Å²) in [6.45, 7) is 5.65. The number of hydrogen-bond acceptors (Lipinski definition) is 4. The second-order valence-electron chi connectivity index (χ2n) is 6.28. The van der Waals surface area contributed by atoms with Crippen molar-refractivity contribution in [2.75, 3.05) is 18.4 Å². The molecule has 2 aromatic rings. The molecule has 1 fully saturated rings. The minimum atomic E-state index is -0.350. The van der Waals surface area contributed by atoms with Gasteiger partial charge in [-0.1, -0.05) is 0 Å². The Morgan fingerprint density at radius 2 is 2.00 bits per heavy atom. The van der Waals surface area contributed by atoms with Crippen LogP contribution in [0.25, 0.3) is 11.0 Å². The summed E-state index contributed by atoms with van der Waals surface area (Å²) in [5.74, 6) is 0.126. The molecule has 1 aliphatic rings. The monoisotopic (exact) mass is 314 g/mol. The second kappa shape index (κ2) is 6.54. The predicted molar refractivity (Wildman–Crippen MR) is 90.8 cm³/mol. The van der Waals surface area contributed by atoms with Gasteiger partial charge in [0.1, 0.15) is 5.58 Å². The van der Waals surface area contributed by atoms with E-state index in [1.165, 1.54) is 6.07 Å². The van der Waals surface area contributed by atoms with Crippen LogP contribution in [0.1, 0.15) is 30.4 Å². The Balaban J connectivity index is 1.88. The quantitative estimate of drug-likeness (QED) is 0.836. The van der Waals surface area contributed by atoms with Gasteiger partial charge in [0.25, 0.3) is 0 Å². The van der Waals surface area contributed by atoms with Gasteiger partial charge in [0, 0.05) is 23.1 Å². The van der Waals surface area contributed by atoms with Crippen LogP contribution in [0.2, 0.25) is 0 Å². The Morgan fingerprint density at radius 1 is 1.17 bits per heavy atom. The summed E-state index contributed by atoms with van der Waals surface area (Å²) in [4.78, 5) is 24.0. The molecule has 0 radical (unpaired) electrons. The molecule has 2 heterocycles. The fraction of sp³-hybridized carbons (Fsp3) is 0.444. The van der Waals surface area contributed by atoms with Gasteiger partial charge in [0.05, 0.1) is 0 Å². The standard InChI is InChI=1S/C18H22N2O3/c1-11-9-17(21)23-16-8-12(2)15(10-14(11)16)20-18(22)13-4-3-6-19-7-5-13/h8-10,13,19H,3-7H2,1-2H3,(H,20,22). The van der Waals surface area contributed by atoms with E-state index in [1.54, 1.807) is 0 Å². The van der Waals surface area contributed by atoms with Gasteiger partial charge in [-0.05, 0) is 69.5 Å². The first-order valence-corrected chi connectivity index (χ1v) is 8.11. The maximum atomic E-state index is 12.5. The highest BCUT2D eigenvalue weighted by molar-refractivity contribution is 5.96. The molecule has 2 N–H and O–H groups in total. The Morgan fingerprint density at radius 3 is 2.83 bits per heavy atom. The number of nitrogens with one attached hydrogen (secondary N) is 2. The van der Waals surface area contributed by atoms with Crippen molar-refractivity contribution in [2.45, 2.75) is 33.1 Å². The van der Waals surface area contributed by atoms with Gasteiger partial charge in [-0.25, -0.2) is 4.79 Å². The van der Waals surface area contributed by atoms with Crippen LogP contribution in [-0.2, 0) is 4.79 Å². The van der Waals surface area contributed by atoms with Gasteiger partial charge in [0.2, 0.25) is 5.91 Å². The summed E-state index contributed by atoms with van der Waals surface area (Å²) in [6.07, 6.45) is 2.81. The summed E-state index contributed by atoms with van der Waals surface area (Å²) in [6, 6.07) is 5.18. The minimum Gasteiger partial charge on any atom is -0.423 e. The van der Waals surface area contributed by atoms with Crippen LogP contribution in [0.4, 0.5) is 5.69 Å². The van der Waals surface area contributed by atoms with Gasteiger partial charge in [-0.3, -0.25) is 4.79 Å². The molecule has 5 nitrogen and oxygen atoms in total. The molecule has 0 aliphatic carbocycles. The maximum Gasteiger partial charge on any atom is 0.336 e. The van der Waals surface area contributed by atoms with Crippen LogP contribution in [0.5, 0.6) is 0 Å². The molecule has 1 saturated heterocycles. The third kappa shape index (κ3) is 3.45. The second-order valence-corrected chi connectivity index (χ2v) is 6.28. The lowest BCUT2D eigenvalue weighted by Gasteiger charge is -2.16. The Bertz CT molecular complexity index is 787. The van der Waals surface area contributed by atoms with Crippen molar-refractivity contribution in [3.8, 4) is 0 Å². The SMILES string of the molecule is Cc1cc2oc(=O)cc(C)c2cc1NC(=O)C1CCCNCC1. The van der Waals surface area contributed by atoms with E-state index >= 15 is 0 Å². The van der Waals surface area contributed by atoms with Crippen molar-refractivity contribution in [2.24, 2.45) is 5.92 Å². The molecule has 0 spiro atoms. The summed E-state index contributed by atoms with van der Waals surface area (Å²) < 4.78 is 5.24. The predicted octanol–water partition coefficient (Wildman–Crippen LogP) is 2.74. The molecule has 23 heavy (non-hydrogen) atoms. The molecular weight excluding hydrogens is 292 g/mol. The number of rotatable bonds is 2. The highest BCUT2D eigenvalue weighted by Crippen LogP contribution is 2.26. The van der Waals surface area contributed by atoms with E-state index in [1.807, 2.05) is 26.0 Å². The number of benzene rings is 1. The van der Waals surface area contributed by atoms with Crippen LogP contribution in [0.15, 0.2) is 27.4 Å². The number of aryl methyl sites for hydroxylation is 2. The zero-order chi connectivity index (χ0) is 16.4. The van der Waals surface area contributed by atoms with Crippen molar-refractivity contribution in [1.29, 1.82) is 0 Å². The summed E-state index contributed by atoms with van der Waals surface area (Å²) in [7, 11) is 0. The summed E-state index contributed by atoms with van der Waals surface area (Å²) >= 11 is 0. The normalized spacial score (nSPS) is 18.6. The van der Waals surface area contributed by atoms with E-state index in [4.69, 9.17) is 4.42 Å². The van der Waals surface area contributed by atoms with Crippen molar-refractivity contribution >= 4 is 22.6 Å². The first-order chi connectivity index (χ1) is 11.0.